The molecule has 2 rings (SSSR count). The Morgan fingerprint density at radius 3 is 2.76 bits per heavy atom. The van der Waals surface area contributed by atoms with Gasteiger partial charge in [-0.3, -0.25) is 9.67 Å². The van der Waals surface area contributed by atoms with Crippen LogP contribution in [0.3, 0.4) is 0 Å². The summed E-state index contributed by atoms with van der Waals surface area (Å²) in [6.07, 6.45) is 3.08. The van der Waals surface area contributed by atoms with Gasteiger partial charge in [0.15, 0.2) is 0 Å². The summed E-state index contributed by atoms with van der Waals surface area (Å²) in [5, 5.41) is 4.71. The molecule has 2 N–H and O–H groups in total. The summed E-state index contributed by atoms with van der Waals surface area (Å²) in [6.45, 7) is 2.23. The van der Waals surface area contributed by atoms with Crippen LogP contribution < -0.4 is 5.73 Å². The van der Waals surface area contributed by atoms with Crippen LogP contribution in [0.25, 0.3) is 10.9 Å². The van der Waals surface area contributed by atoms with Gasteiger partial charge in [-0.25, -0.2) is 8.78 Å². The van der Waals surface area contributed by atoms with Crippen LogP contribution in [-0.2, 0) is 6.54 Å². The zero-order valence-electron chi connectivity index (χ0n) is 9.69. The number of pyridine rings is 1. The van der Waals surface area contributed by atoms with E-state index in [2.05, 4.69) is 10.1 Å². The van der Waals surface area contributed by atoms with Crippen molar-refractivity contribution in [1.82, 2.24) is 14.8 Å². The highest BCUT2D eigenvalue weighted by molar-refractivity contribution is 5.78. The lowest BCUT2D eigenvalue weighted by atomic mass is 10.2. The summed E-state index contributed by atoms with van der Waals surface area (Å²) in [4.78, 5) is 4.14. The number of aromatic nitrogens is 3. The zero-order chi connectivity index (χ0) is 12.6. The van der Waals surface area contributed by atoms with Crippen LogP contribution in [0, 0.1) is 0 Å². The molecule has 0 aliphatic rings. The van der Waals surface area contributed by atoms with E-state index in [1.54, 1.807) is 12.3 Å². The van der Waals surface area contributed by atoms with Gasteiger partial charge >= 0.3 is 0 Å². The standard InChI is InChI=1S/C11H14F2N4/c1-7(14)9-3-8-4-16-17(6-11(2,12)13)10(8)5-15-9/h3-5,7H,6,14H2,1-2H3. The van der Waals surface area contributed by atoms with E-state index < -0.39 is 12.5 Å². The average Bonchev–Trinajstić information content (AvgIpc) is 2.58. The number of alkyl halides is 2. The normalized spacial score (nSPS) is 14.2. The predicted octanol–water partition coefficient (Wildman–Crippen LogP) is 2.11. The molecule has 2 heterocycles. The number of nitrogens with two attached hydrogens (primary N) is 1. The molecule has 0 aromatic carbocycles. The molecule has 17 heavy (non-hydrogen) atoms. The molecule has 4 nitrogen and oxygen atoms in total. The summed E-state index contributed by atoms with van der Waals surface area (Å²) in [5.41, 5.74) is 7.02. The molecule has 0 aliphatic carbocycles. The molecule has 1 atom stereocenters. The SMILES string of the molecule is CC(N)c1cc2cnn(CC(C)(F)F)c2cn1. The van der Waals surface area contributed by atoms with Gasteiger partial charge in [-0.05, 0) is 13.0 Å². The lowest BCUT2D eigenvalue weighted by Crippen LogP contribution is -2.20. The molecule has 0 radical (unpaired) electrons. The maximum absolute atomic E-state index is 12.9. The van der Waals surface area contributed by atoms with Crippen LogP contribution in [-0.4, -0.2) is 20.7 Å². The fourth-order valence-electron chi connectivity index (χ4n) is 1.63. The second-order valence-electron chi connectivity index (χ2n) is 4.33. The summed E-state index contributed by atoms with van der Waals surface area (Å²) in [5.74, 6) is -2.79. The molecule has 92 valence electrons. The Morgan fingerprint density at radius 1 is 1.47 bits per heavy atom. The third-order valence-corrected chi connectivity index (χ3v) is 2.44. The highest BCUT2D eigenvalue weighted by Crippen LogP contribution is 2.20. The molecule has 0 amide bonds. The molecule has 0 bridgehead atoms. The lowest BCUT2D eigenvalue weighted by Gasteiger charge is -2.11. The third-order valence-electron chi connectivity index (χ3n) is 2.44. The van der Waals surface area contributed by atoms with Crippen molar-refractivity contribution in [2.45, 2.75) is 32.4 Å². The van der Waals surface area contributed by atoms with Gasteiger partial charge < -0.3 is 5.73 Å². The Hall–Kier alpha value is -1.56. The van der Waals surface area contributed by atoms with E-state index in [4.69, 9.17) is 5.73 Å². The number of halogens is 2. The number of nitrogens with zero attached hydrogens (tertiary/aromatic N) is 3. The van der Waals surface area contributed by atoms with E-state index in [0.717, 1.165) is 18.0 Å². The Labute approximate surface area is 97.4 Å². The smallest absolute Gasteiger partial charge is 0.264 e. The van der Waals surface area contributed by atoms with Crippen LogP contribution in [0.4, 0.5) is 8.78 Å². The molecule has 2 aromatic rings. The fourth-order valence-corrected chi connectivity index (χ4v) is 1.63. The highest BCUT2D eigenvalue weighted by atomic mass is 19.3. The van der Waals surface area contributed by atoms with Crippen LogP contribution in [0.5, 0.6) is 0 Å². The molecule has 0 saturated carbocycles. The first kappa shape index (κ1) is 11.9. The predicted molar refractivity (Wildman–Crippen MR) is 60.8 cm³/mol. The second kappa shape index (κ2) is 4.03. The minimum atomic E-state index is -2.79. The first-order valence-corrected chi connectivity index (χ1v) is 5.32. The van der Waals surface area contributed by atoms with Gasteiger partial charge in [0.2, 0.25) is 0 Å². The molecule has 1 unspecified atom stereocenters. The van der Waals surface area contributed by atoms with E-state index in [-0.39, 0.29) is 6.04 Å². The lowest BCUT2D eigenvalue weighted by molar-refractivity contribution is 0.00181. The maximum atomic E-state index is 12.9. The molecule has 0 spiro atoms. The summed E-state index contributed by atoms with van der Waals surface area (Å²) in [7, 11) is 0. The fraction of sp³-hybridized carbons (Fsp3) is 0.455. The highest BCUT2D eigenvalue weighted by Gasteiger charge is 2.23. The van der Waals surface area contributed by atoms with Gasteiger partial charge in [0.1, 0.15) is 6.54 Å². The van der Waals surface area contributed by atoms with Crippen molar-refractivity contribution in [3.05, 3.63) is 24.2 Å². The van der Waals surface area contributed by atoms with Crippen molar-refractivity contribution in [3.8, 4) is 0 Å². The summed E-state index contributed by atoms with van der Waals surface area (Å²) >= 11 is 0. The van der Waals surface area contributed by atoms with Crippen LogP contribution in [0.2, 0.25) is 0 Å². The van der Waals surface area contributed by atoms with Crippen LogP contribution >= 0.6 is 0 Å². The molecule has 0 fully saturated rings. The zero-order valence-corrected chi connectivity index (χ0v) is 9.69. The van der Waals surface area contributed by atoms with Crippen LogP contribution in [0.15, 0.2) is 18.5 Å². The van der Waals surface area contributed by atoms with Crippen molar-refractivity contribution >= 4 is 10.9 Å². The largest absolute Gasteiger partial charge is 0.323 e. The van der Waals surface area contributed by atoms with Gasteiger partial charge in [0.05, 0.1) is 23.6 Å². The third kappa shape index (κ3) is 2.58. The number of rotatable bonds is 3. The molecule has 2 aromatic heterocycles. The van der Waals surface area contributed by atoms with Crippen molar-refractivity contribution in [2.75, 3.05) is 0 Å². The monoisotopic (exact) mass is 240 g/mol. The van der Waals surface area contributed by atoms with E-state index in [9.17, 15) is 8.78 Å². The number of hydrogen-bond acceptors (Lipinski definition) is 3. The van der Waals surface area contributed by atoms with Crippen molar-refractivity contribution in [1.29, 1.82) is 0 Å². The molecule has 0 saturated heterocycles. The first-order chi connectivity index (χ1) is 7.87. The van der Waals surface area contributed by atoms with E-state index in [1.165, 1.54) is 10.9 Å². The number of fused-ring (bicyclic) bond motifs is 1. The quantitative estimate of drug-likeness (QED) is 0.893. The number of hydrogen-bond donors (Lipinski definition) is 1. The van der Waals surface area contributed by atoms with Gasteiger partial charge in [0.25, 0.3) is 5.92 Å². The Morgan fingerprint density at radius 2 is 2.18 bits per heavy atom. The Kier molecular flexibility index (Phi) is 2.82. The molecule has 6 heteroatoms. The van der Waals surface area contributed by atoms with Crippen molar-refractivity contribution < 1.29 is 8.78 Å². The van der Waals surface area contributed by atoms with Crippen molar-refractivity contribution in [3.63, 3.8) is 0 Å². The van der Waals surface area contributed by atoms with Gasteiger partial charge in [-0.15, -0.1) is 0 Å². The maximum Gasteiger partial charge on any atom is 0.264 e. The summed E-state index contributed by atoms with van der Waals surface area (Å²) in [6, 6.07) is 1.59. The van der Waals surface area contributed by atoms with Crippen molar-refractivity contribution in [2.24, 2.45) is 5.73 Å². The minimum absolute atomic E-state index is 0.185. The van der Waals surface area contributed by atoms with E-state index in [1.807, 2.05) is 6.92 Å². The Balaban J connectivity index is 2.42. The van der Waals surface area contributed by atoms with Crippen LogP contribution in [0.1, 0.15) is 25.6 Å². The molecule has 0 aliphatic heterocycles. The Bertz CT molecular complexity index is 528. The second-order valence-corrected chi connectivity index (χ2v) is 4.33. The first-order valence-electron chi connectivity index (χ1n) is 5.32. The van der Waals surface area contributed by atoms with E-state index in [0.29, 0.717) is 5.52 Å². The van der Waals surface area contributed by atoms with Gasteiger partial charge in [0, 0.05) is 18.4 Å². The average molecular weight is 240 g/mol. The topological polar surface area (TPSA) is 56.7 Å². The van der Waals surface area contributed by atoms with E-state index >= 15 is 0 Å². The van der Waals surface area contributed by atoms with Gasteiger partial charge in [-0.2, -0.15) is 5.10 Å². The van der Waals surface area contributed by atoms with Gasteiger partial charge in [-0.1, -0.05) is 0 Å². The molecular weight excluding hydrogens is 226 g/mol. The molecular formula is C11H14F2N4. The minimum Gasteiger partial charge on any atom is -0.323 e. The summed E-state index contributed by atoms with van der Waals surface area (Å²) < 4.78 is 27.1.